The van der Waals surface area contributed by atoms with Crippen molar-refractivity contribution < 1.29 is 9.59 Å². The van der Waals surface area contributed by atoms with Crippen LogP contribution < -0.4 is 16.0 Å². The van der Waals surface area contributed by atoms with Gasteiger partial charge in [-0.3, -0.25) is 4.79 Å². The van der Waals surface area contributed by atoms with Gasteiger partial charge in [0.2, 0.25) is 0 Å². The van der Waals surface area contributed by atoms with E-state index >= 15 is 0 Å². The molecule has 0 bridgehead atoms. The lowest BCUT2D eigenvalue weighted by molar-refractivity contribution is 0.0988. The van der Waals surface area contributed by atoms with Gasteiger partial charge in [-0.15, -0.1) is 0 Å². The number of aryl methyl sites for hydroxylation is 3. The molecule has 2 amide bonds. The van der Waals surface area contributed by atoms with Gasteiger partial charge in [-0.05, 0) is 117 Å². The van der Waals surface area contributed by atoms with Crippen molar-refractivity contribution in [2.45, 2.75) is 66.3 Å². The van der Waals surface area contributed by atoms with Gasteiger partial charge in [0.1, 0.15) is 0 Å². The number of hydrogen-bond donors (Lipinski definition) is 3. The quantitative estimate of drug-likeness (QED) is 0.281. The molecule has 0 aliphatic carbocycles. The summed E-state index contributed by atoms with van der Waals surface area (Å²) in [7, 11) is 0. The van der Waals surface area contributed by atoms with Gasteiger partial charge >= 0.3 is 6.03 Å². The first-order valence-corrected chi connectivity index (χ1v) is 13.9. The number of ketones is 1. The van der Waals surface area contributed by atoms with Gasteiger partial charge in [-0.2, -0.15) is 0 Å². The number of amides is 2. The molecule has 1 aliphatic heterocycles. The zero-order valence-corrected chi connectivity index (χ0v) is 23.2. The fourth-order valence-electron chi connectivity index (χ4n) is 5.25. The molecule has 3 aromatic rings. The van der Waals surface area contributed by atoms with Crippen molar-refractivity contribution in [3.05, 3.63) is 99.1 Å². The maximum absolute atomic E-state index is 12.9. The minimum atomic E-state index is -0.182. The van der Waals surface area contributed by atoms with Crippen LogP contribution in [0.15, 0.2) is 54.6 Å². The summed E-state index contributed by atoms with van der Waals surface area (Å²) >= 11 is 0. The third-order valence-corrected chi connectivity index (χ3v) is 7.76. The normalized spacial score (nSPS) is 13.8. The van der Waals surface area contributed by atoms with E-state index < -0.39 is 0 Å². The number of Topliss-reactive ketones (excluding diaryl/α,β-unsaturated/α-hetero) is 1. The van der Waals surface area contributed by atoms with Crippen molar-refractivity contribution in [1.82, 2.24) is 10.6 Å². The molecule has 0 spiro atoms. The molecule has 4 rings (SSSR count). The van der Waals surface area contributed by atoms with Crippen LogP contribution >= 0.6 is 0 Å². The zero-order chi connectivity index (χ0) is 27.1. The Bertz CT molecular complexity index is 1290. The first-order valence-electron chi connectivity index (χ1n) is 13.9. The van der Waals surface area contributed by atoms with Gasteiger partial charge < -0.3 is 16.0 Å². The molecular weight excluding hydrogens is 470 g/mol. The Hall–Kier alpha value is -3.44. The molecule has 0 aromatic heterocycles. The predicted octanol–water partition coefficient (Wildman–Crippen LogP) is 6.66. The van der Waals surface area contributed by atoms with Crippen molar-refractivity contribution in [3.8, 4) is 0 Å². The Balaban J connectivity index is 1.37. The Morgan fingerprint density at radius 2 is 1.63 bits per heavy atom. The molecule has 5 heteroatoms. The maximum Gasteiger partial charge on any atom is 0.319 e. The third-order valence-electron chi connectivity index (χ3n) is 7.76. The van der Waals surface area contributed by atoms with Crippen LogP contribution in [0.3, 0.4) is 0 Å². The number of piperidine rings is 1. The van der Waals surface area contributed by atoms with Gasteiger partial charge in [-0.1, -0.05) is 49.4 Å². The number of nitrogens with one attached hydrogen (secondary N) is 3. The molecule has 3 N–H and O–H groups in total. The van der Waals surface area contributed by atoms with Gasteiger partial charge in [0.15, 0.2) is 5.78 Å². The second-order valence-corrected chi connectivity index (χ2v) is 10.7. The summed E-state index contributed by atoms with van der Waals surface area (Å²) in [4.78, 5) is 24.9. The van der Waals surface area contributed by atoms with E-state index in [4.69, 9.17) is 0 Å². The lowest BCUT2D eigenvalue weighted by Gasteiger charge is -2.24. The fraction of sp³-hybridized carbons (Fsp3) is 0.394. The number of anilines is 1. The van der Waals surface area contributed by atoms with Crippen LogP contribution in [0.1, 0.15) is 75.5 Å². The Labute approximate surface area is 227 Å². The van der Waals surface area contributed by atoms with Crippen molar-refractivity contribution in [3.63, 3.8) is 0 Å². The van der Waals surface area contributed by atoms with E-state index in [0.717, 1.165) is 48.3 Å². The van der Waals surface area contributed by atoms with Crippen LogP contribution in [0, 0.1) is 26.7 Å². The lowest BCUT2D eigenvalue weighted by Crippen LogP contribution is -2.30. The second kappa shape index (κ2) is 12.9. The van der Waals surface area contributed by atoms with Crippen LogP contribution in [0.2, 0.25) is 0 Å². The largest absolute Gasteiger partial charge is 0.334 e. The van der Waals surface area contributed by atoms with E-state index in [-0.39, 0.29) is 11.8 Å². The third kappa shape index (κ3) is 7.32. The number of hydrogen-bond acceptors (Lipinski definition) is 3. The minimum absolute atomic E-state index is 0.169. The molecule has 0 saturated carbocycles. The highest BCUT2D eigenvalue weighted by atomic mass is 16.2. The molecule has 0 atom stereocenters. The predicted molar refractivity (Wildman–Crippen MR) is 156 cm³/mol. The van der Waals surface area contributed by atoms with Crippen LogP contribution in [-0.2, 0) is 19.4 Å². The highest BCUT2D eigenvalue weighted by molar-refractivity contribution is 5.96. The zero-order valence-electron chi connectivity index (χ0n) is 23.2. The van der Waals surface area contributed by atoms with Crippen molar-refractivity contribution in [2.24, 2.45) is 5.92 Å². The summed E-state index contributed by atoms with van der Waals surface area (Å²) in [6.07, 6.45) is 4.64. The van der Waals surface area contributed by atoms with Crippen LogP contribution in [0.5, 0.6) is 0 Å². The molecule has 0 radical (unpaired) electrons. The smallest absolute Gasteiger partial charge is 0.319 e. The fourth-order valence-corrected chi connectivity index (χ4v) is 5.25. The molecule has 1 heterocycles. The Kier molecular flexibility index (Phi) is 9.35. The highest BCUT2D eigenvalue weighted by Crippen LogP contribution is 2.27. The lowest BCUT2D eigenvalue weighted by atomic mass is 9.89. The molecule has 1 aliphatic rings. The summed E-state index contributed by atoms with van der Waals surface area (Å²) < 4.78 is 0. The first kappa shape index (κ1) is 27.6. The maximum atomic E-state index is 12.9. The molecule has 38 heavy (non-hydrogen) atoms. The Morgan fingerprint density at radius 1 is 0.868 bits per heavy atom. The van der Waals surface area contributed by atoms with E-state index in [1.165, 1.54) is 40.7 Å². The van der Waals surface area contributed by atoms with Crippen LogP contribution in [0.4, 0.5) is 10.5 Å². The summed E-state index contributed by atoms with van der Waals surface area (Å²) in [5, 5.41) is 9.60. The number of rotatable bonds is 9. The SMILES string of the molecule is CCC(=O)c1cccc(Cc2ccc(CNC(=O)Nc3cc(C)c(C)cc3CC3CCNCC3)cc2C)c1. The van der Waals surface area contributed by atoms with E-state index in [1.807, 2.05) is 25.1 Å². The highest BCUT2D eigenvalue weighted by Gasteiger charge is 2.17. The number of urea groups is 1. The minimum Gasteiger partial charge on any atom is -0.334 e. The van der Waals surface area contributed by atoms with E-state index in [9.17, 15) is 9.59 Å². The topological polar surface area (TPSA) is 70.2 Å². The van der Waals surface area contributed by atoms with E-state index in [0.29, 0.717) is 18.9 Å². The summed E-state index contributed by atoms with van der Waals surface area (Å²) in [5.74, 6) is 0.820. The van der Waals surface area contributed by atoms with E-state index in [2.05, 4.69) is 73.1 Å². The number of carbonyl (C=O) groups excluding carboxylic acids is 2. The average Bonchev–Trinajstić information content (AvgIpc) is 2.92. The van der Waals surface area contributed by atoms with Crippen molar-refractivity contribution >= 4 is 17.5 Å². The number of benzene rings is 3. The van der Waals surface area contributed by atoms with Gasteiger partial charge in [0.05, 0.1) is 0 Å². The van der Waals surface area contributed by atoms with Crippen LogP contribution in [0.25, 0.3) is 0 Å². The van der Waals surface area contributed by atoms with Crippen molar-refractivity contribution in [1.29, 1.82) is 0 Å². The van der Waals surface area contributed by atoms with Crippen molar-refractivity contribution in [2.75, 3.05) is 18.4 Å². The number of carbonyl (C=O) groups is 2. The molecule has 1 fully saturated rings. The van der Waals surface area contributed by atoms with E-state index in [1.54, 1.807) is 0 Å². The van der Waals surface area contributed by atoms with Gasteiger partial charge in [-0.25, -0.2) is 4.79 Å². The molecule has 1 saturated heterocycles. The first-order chi connectivity index (χ1) is 18.3. The van der Waals surface area contributed by atoms with Gasteiger partial charge in [0.25, 0.3) is 0 Å². The molecule has 200 valence electrons. The summed E-state index contributed by atoms with van der Waals surface area (Å²) in [6, 6.07) is 18.4. The Morgan fingerprint density at radius 3 is 2.37 bits per heavy atom. The standard InChI is InChI=1S/C33H41N3O2/c1-5-32(37)29-8-6-7-26(20-29)19-28-10-9-27(15-24(28)4)21-35-33(38)36-31-17-23(3)22(2)16-30(31)18-25-11-13-34-14-12-25/h6-10,15-17,20,25,34H,5,11-14,18-19,21H2,1-4H3,(H2,35,36,38). The summed E-state index contributed by atoms with van der Waals surface area (Å²) in [6.45, 7) is 10.8. The monoisotopic (exact) mass is 511 g/mol. The van der Waals surface area contributed by atoms with Crippen LogP contribution in [-0.4, -0.2) is 24.9 Å². The molecule has 0 unspecified atom stereocenters. The second-order valence-electron chi connectivity index (χ2n) is 10.7. The van der Waals surface area contributed by atoms with Gasteiger partial charge in [0, 0.05) is 24.2 Å². The molecule has 3 aromatic carbocycles. The molecular formula is C33H41N3O2. The average molecular weight is 512 g/mol. The summed E-state index contributed by atoms with van der Waals surface area (Å²) in [5.41, 5.74) is 9.95. The molecule has 5 nitrogen and oxygen atoms in total.